The third kappa shape index (κ3) is 3.38. The van der Waals surface area contributed by atoms with Crippen LogP contribution < -0.4 is 15.8 Å². The average molecular weight is 300 g/mol. The van der Waals surface area contributed by atoms with Crippen LogP contribution in [0.1, 0.15) is 23.3 Å². The van der Waals surface area contributed by atoms with Crippen molar-refractivity contribution in [1.29, 1.82) is 0 Å². The molecule has 1 fully saturated rings. The van der Waals surface area contributed by atoms with Gasteiger partial charge in [0.25, 0.3) is 5.91 Å². The summed E-state index contributed by atoms with van der Waals surface area (Å²) in [5, 5.41) is 3.23. The zero-order valence-corrected chi connectivity index (χ0v) is 12.2. The fourth-order valence-electron chi connectivity index (χ4n) is 2.32. The number of sulfonamides is 1. The molecular weight excluding hydrogens is 280 g/mol. The number of hydrogen-bond donors (Lipinski definition) is 3. The molecule has 0 radical (unpaired) electrons. The van der Waals surface area contributed by atoms with Crippen LogP contribution in [0.5, 0.6) is 0 Å². The van der Waals surface area contributed by atoms with Crippen molar-refractivity contribution in [2.75, 3.05) is 19.6 Å². The maximum absolute atomic E-state index is 12.2. The number of aromatic nitrogens is 1. The van der Waals surface area contributed by atoms with Crippen LogP contribution in [0, 0.1) is 5.92 Å². The Morgan fingerprint density at radius 3 is 2.70 bits per heavy atom. The number of piperidine rings is 1. The lowest BCUT2D eigenvalue weighted by atomic mass is 9.99. The van der Waals surface area contributed by atoms with E-state index < -0.39 is 15.9 Å². The Bertz CT molecular complexity index is 588. The summed E-state index contributed by atoms with van der Waals surface area (Å²) in [6.45, 7) is 2.26. The first kappa shape index (κ1) is 15.0. The van der Waals surface area contributed by atoms with Crippen LogP contribution in [-0.2, 0) is 17.1 Å². The molecular formula is C12H20N4O3S. The summed E-state index contributed by atoms with van der Waals surface area (Å²) in [5.41, 5.74) is 5.35. The fourth-order valence-corrected chi connectivity index (χ4v) is 3.51. The Morgan fingerprint density at radius 1 is 1.50 bits per heavy atom. The van der Waals surface area contributed by atoms with Crippen molar-refractivity contribution in [1.82, 2.24) is 14.6 Å². The molecule has 0 atom stereocenters. The molecule has 0 aromatic carbocycles. The van der Waals surface area contributed by atoms with Crippen molar-refractivity contribution in [2.24, 2.45) is 18.7 Å². The van der Waals surface area contributed by atoms with E-state index in [1.807, 2.05) is 0 Å². The van der Waals surface area contributed by atoms with Crippen LogP contribution >= 0.6 is 0 Å². The highest BCUT2D eigenvalue weighted by atomic mass is 32.2. The van der Waals surface area contributed by atoms with E-state index in [2.05, 4.69) is 10.0 Å². The molecule has 20 heavy (non-hydrogen) atoms. The first-order valence-electron chi connectivity index (χ1n) is 6.56. The Labute approximate surface area is 118 Å². The number of amides is 1. The summed E-state index contributed by atoms with van der Waals surface area (Å²) in [6, 6.07) is 1.30. The predicted octanol–water partition coefficient (Wildman–Crippen LogP) is -0.598. The molecule has 1 saturated heterocycles. The van der Waals surface area contributed by atoms with Crippen LogP contribution in [-0.4, -0.2) is 38.5 Å². The summed E-state index contributed by atoms with van der Waals surface area (Å²) in [7, 11) is -2.00. The van der Waals surface area contributed by atoms with E-state index in [1.165, 1.54) is 16.8 Å². The van der Waals surface area contributed by atoms with E-state index in [0.29, 0.717) is 12.5 Å². The number of hydrogen-bond acceptors (Lipinski definition) is 4. The number of aryl methyl sites for hydroxylation is 1. The second-order valence-electron chi connectivity index (χ2n) is 5.08. The van der Waals surface area contributed by atoms with Crippen molar-refractivity contribution in [3.8, 4) is 0 Å². The van der Waals surface area contributed by atoms with E-state index in [4.69, 9.17) is 5.73 Å². The van der Waals surface area contributed by atoms with Gasteiger partial charge in [0.2, 0.25) is 10.0 Å². The smallest absolute Gasteiger partial charge is 0.265 e. The van der Waals surface area contributed by atoms with Crippen LogP contribution in [0.4, 0.5) is 0 Å². The van der Waals surface area contributed by atoms with Gasteiger partial charge in [0.1, 0.15) is 10.6 Å². The minimum absolute atomic E-state index is 0.0720. The van der Waals surface area contributed by atoms with E-state index in [9.17, 15) is 13.2 Å². The molecule has 0 unspecified atom stereocenters. The van der Waals surface area contributed by atoms with Crippen LogP contribution in [0.2, 0.25) is 0 Å². The molecule has 2 rings (SSSR count). The van der Waals surface area contributed by atoms with E-state index in [-0.39, 0.29) is 10.6 Å². The third-order valence-electron chi connectivity index (χ3n) is 3.56. The average Bonchev–Trinajstić information content (AvgIpc) is 2.81. The highest BCUT2D eigenvalue weighted by molar-refractivity contribution is 7.89. The lowest BCUT2D eigenvalue weighted by molar-refractivity contribution is 0.0992. The Hall–Kier alpha value is -1.38. The first-order chi connectivity index (χ1) is 9.40. The van der Waals surface area contributed by atoms with Gasteiger partial charge in [-0.05, 0) is 37.9 Å². The number of carbonyl (C=O) groups is 1. The Balaban J connectivity index is 2.06. The maximum atomic E-state index is 12.2. The second kappa shape index (κ2) is 5.94. The molecule has 1 aromatic rings. The highest BCUT2D eigenvalue weighted by Crippen LogP contribution is 2.15. The zero-order valence-electron chi connectivity index (χ0n) is 11.4. The molecule has 112 valence electrons. The molecule has 4 N–H and O–H groups in total. The summed E-state index contributed by atoms with van der Waals surface area (Å²) in [4.78, 5) is 11.2. The highest BCUT2D eigenvalue weighted by Gasteiger charge is 2.21. The van der Waals surface area contributed by atoms with Crippen LogP contribution in [0.25, 0.3) is 0 Å². The second-order valence-corrected chi connectivity index (χ2v) is 6.85. The van der Waals surface area contributed by atoms with E-state index in [0.717, 1.165) is 25.9 Å². The van der Waals surface area contributed by atoms with Gasteiger partial charge in [-0.2, -0.15) is 0 Å². The van der Waals surface area contributed by atoms with Crippen LogP contribution in [0.15, 0.2) is 17.2 Å². The number of nitrogens with two attached hydrogens (primary N) is 1. The standard InChI is InChI=1S/C12H20N4O3S/c1-16-8-10(6-11(16)12(13)17)20(18,19)15-7-9-2-4-14-5-3-9/h6,8-9,14-15H,2-5,7H2,1H3,(H2,13,17). The monoisotopic (exact) mass is 300 g/mol. The van der Waals surface area contributed by atoms with E-state index in [1.54, 1.807) is 7.05 Å². The van der Waals surface area contributed by atoms with Gasteiger partial charge in [-0.15, -0.1) is 0 Å². The van der Waals surface area contributed by atoms with Gasteiger partial charge < -0.3 is 15.6 Å². The van der Waals surface area contributed by atoms with E-state index >= 15 is 0 Å². The SMILES string of the molecule is Cn1cc(S(=O)(=O)NCC2CCNCC2)cc1C(N)=O. The molecule has 0 aliphatic carbocycles. The lowest BCUT2D eigenvalue weighted by Crippen LogP contribution is -2.35. The quantitative estimate of drug-likeness (QED) is 0.675. The minimum Gasteiger partial charge on any atom is -0.364 e. The molecule has 0 bridgehead atoms. The van der Waals surface area contributed by atoms with Crippen molar-refractivity contribution in [3.05, 3.63) is 18.0 Å². The van der Waals surface area contributed by atoms with Crippen molar-refractivity contribution < 1.29 is 13.2 Å². The molecule has 1 aliphatic rings. The van der Waals surface area contributed by atoms with Crippen molar-refractivity contribution in [3.63, 3.8) is 0 Å². The molecule has 1 amide bonds. The Morgan fingerprint density at radius 2 is 2.15 bits per heavy atom. The fraction of sp³-hybridized carbons (Fsp3) is 0.583. The van der Waals surface area contributed by atoms with Gasteiger partial charge in [0.15, 0.2) is 0 Å². The van der Waals surface area contributed by atoms with Gasteiger partial charge in [-0.1, -0.05) is 0 Å². The minimum atomic E-state index is -3.59. The summed E-state index contributed by atoms with van der Waals surface area (Å²) in [5.74, 6) is -0.294. The van der Waals surface area contributed by atoms with Crippen LogP contribution in [0.3, 0.4) is 0 Å². The molecule has 0 spiro atoms. The molecule has 7 nitrogen and oxygen atoms in total. The van der Waals surface area contributed by atoms with Gasteiger partial charge in [0.05, 0.1) is 0 Å². The summed E-state index contributed by atoms with van der Waals surface area (Å²) >= 11 is 0. The summed E-state index contributed by atoms with van der Waals surface area (Å²) in [6.07, 6.45) is 3.32. The predicted molar refractivity (Wildman–Crippen MR) is 74.7 cm³/mol. The van der Waals surface area contributed by atoms with Crippen molar-refractivity contribution in [2.45, 2.75) is 17.7 Å². The number of rotatable bonds is 5. The molecule has 0 saturated carbocycles. The van der Waals surface area contributed by atoms with Gasteiger partial charge in [-0.3, -0.25) is 4.79 Å². The summed E-state index contributed by atoms with van der Waals surface area (Å²) < 4.78 is 28.4. The zero-order chi connectivity index (χ0) is 14.8. The first-order valence-corrected chi connectivity index (χ1v) is 8.05. The lowest BCUT2D eigenvalue weighted by Gasteiger charge is -2.22. The van der Waals surface area contributed by atoms with Gasteiger partial charge >= 0.3 is 0 Å². The molecule has 2 heterocycles. The molecule has 1 aromatic heterocycles. The topological polar surface area (TPSA) is 106 Å². The Kier molecular flexibility index (Phi) is 4.46. The van der Waals surface area contributed by atoms with Gasteiger partial charge in [-0.25, -0.2) is 13.1 Å². The number of nitrogens with one attached hydrogen (secondary N) is 2. The molecule has 8 heteroatoms. The number of primary amides is 1. The maximum Gasteiger partial charge on any atom is 0.265 e. The number of carbonyl (C=O) groups excluding carboxylic acids is 1. The third-order valence-corrected chi connectivity index (χ3v) is 4.95. The van der Waals surface area contributed by atoms with Gasteiger partial charge in [0, 0.05) is 19.8 Å². The largest absolute Gasteiger partial charge is 0.364 e. The normalized spacial score (nSPS) is 17.2. The number of nitrogens with zero attached hydrogens (tertiary/aromatic N) is 1. The molecule has 1 aliphatic heterocycles. The van der Waals surface area contributed by atoms with Crippen molar-refractivity contribution >= 4 is 15.9 Å².